The summed E-state index contributed by atoms with van der Waals surface area (Å²) in [5.41, 5.74) is 1.83. The number of ether oxygens (including phenoxy) is 4. The number of rotatable bonds is 18. The van der Waals surface area contributed by atoms with Crippen LogP contribution in [0.3, 0.4) is 0 Å². The lowest BCUT2D eigenvalue weighted by Crippen LogP contribution is -2.45. The summed E-state index contributed by atoms with van der Waals surface area (Å²) in [6, 6.07) is 18.8. The third kappa shape index (κ3) is 15.3. The van der Waals surface area contributed by atoms with E-state index in [2.05, 4.69) is 0 Å². The van der Waals surface area contributed by atoms with Gasteiger partial charge in [0.1, 0.15) is 39.5 Å². The van der Waals surface area contributed by atoms with E-state index in [1.807, 2.05) is 74.8 Å². The first-order valence-electron chi connectivity index (χ1n) is 13.3. The van der Waals surface area contributed by atoms with Gasteiger partial charge in [-0.2, -0.15) is 0 Å². The maximum atomic E-state index is 12.0. The van der Waals surface area contributed by atoms with Crippen LogP contribution in [0.5, 0.6) is 0 Å². The monoisotopic (exact) mass is 542 g/mol. The molecule has 212 valence electrons. The highest BCUT2D eigenvalue weighted by Gasteiger charge is 2.17. The lowest BCUT2D eigenvalue weighted by Gasteiger charge is -2.29. The van der Waals surface area contributed by atoms with Gasteiger partial charge in [-0.1, -0.05) is 60.7 Å². The lowest BCUT2D eigenvalue weighted by molar-refractivity contribution is -0.890. The average molecular weight is 543 g/mol. The zero-order valence-corrected chi connectivity index (χ0v) is 23.0. The van der Waals surface area contributed by atoms with Crippen LogP contribution in [0.15, 0.2) is 60.7 Å². The molecule has 0 aromatic heterocycles. The number of hydrogen-bond donors (Lipinski definition) is 0. The quantitative estimate of drug-likeness (QED) is 0.158. The van der Waals surface area contributed by atoms with Gasteiger partial charge in [0.15, 0.2) is 0 Å². The van der Waals surface area contributed by atoms with E-state index < -0.39 is 0 Å². The Hall–Kier alpha value is -3.72. The van der Waals surface area contributed by atoms with Crippen LogP contribution in [0, 0.1) is 0 Å². The number of nitrogens with zero attached hydrogens (tertiary/aromatic N) is 1. The molecular weight excluding hydrogens is 502 g/mol. The van der Waals surface area contributed by atoms with E-state index in [0.29, 0.717) is 30.4 Å². The van der Waals surface area contributed by atoms with Crippen molar-refractivity contribution in [1.82, 2.24) is 0 Å². The van der Waals surface area contributed by atoms with Crippen LogP contribution >= 0.6 is 0 Å². The van der Waals surface area contributed by atoms with Crippen LogP contribution < -0.4 is 0 Å². The Morgan fingerprint density at radius 3 is 1.23 bits per heavy atom. The highest BCUT2D eigenvalue weighted by molar-refractivity contribution is 5.73. The highest BCUT2D eigenvalue weighted by atomic mass is 16.5. The van der Waals surface area contributed by atoms with Crippen molar-refractivity contribution in [2.24, 2.45) is 0 Å². The summed E-state index contributed by atoms with van der Waals surface area (Å²) in [4.78, 5) is 47.6. The fraction of sp³-hybridized carbons (Fsp3) is 0.467. The second-order valence-corrected chi connectivity index (χ2v) is 9.82. The van der Waals surface area contributed by atoms with E-state index in [0.717, 1.165) is 11.1 Å². The molecule has 0 radical (unpaired) electrons. The molecular formula is C30H40NO8+. The molecule has 0 aliphatic carbocycles. The third-order valence-electron chi connectivity index (χ3n) is 5.93. The second-order valence-electron chi connectivity index (χ2n) is 9.82. The van der Waals surface area contributed by atoms with E-state index in [-0.39, 0.29) is 76.0 Å². The maximum absolute atomic E-state index is 12.0. The van der Waals surface area contributed by atoms with E-state index >= 15 is 0 Å². The normalized spacial score (nSPS) is 10.9. The predicted octanol–water partition coefficient (Wildman–Crippen LogP) is 3.98. The van der Waals surface area contributed by atoms with Gasteiger partial charge in [-0.3, -0.25) is 19.2 Å². The number of carbonyl (C=O) groups is 4. The van der Waals surface area contributed by atoms with E-state index in [1.54, 1.807) is 0 Å². The number of carbonyl (C=O) groups excluding carboxylic acids is 4. The summed E-state index contributed by atoms with van der Waals surface area (Å²) in [5.74, 6) is -1.41. The molecule has 2 rings (SSSR count). The molecule has 0 heterocycles. The third-order valence-corrected chi connectivity index (χ3v) is 5.93. The lowest BCUT2D eigenvalue weighted by atomic mass is 10.2. The van der Waals surface area contributed by atoms with Crippen molar-refractivity contribution in [3.63, 3.8) is 0 Å². The van der Waals surface area contributed by atoms with E-state index in [9.17, 15) is 19.2 Å². The summed E-state index contributed by atoms with van der Waals surface area (Å²) in [6.45, 7) is 1.99. The topological polar surface area (TPSA) is 105 Å². The Balaban J connectivity index is 1.46. The van der Waals surface area contributed by atoms with Crippen LogP contribution in [-0.2, 0) is 51.3 Å². The van der Waals surface area contributed by atoms with Gasteiger partial charge in [-0.05, 0) is 24.0 Å². The standard InChI is InChI=1S/C30H40NO8/c1-31(2,19-21-36-27(32)15-9-17-29(34)38-23-25-11-5-3-6-12-25)20-22-37-28(33)16-10-18-30(35)39-24-26-13-7-4-8-14-26/h3-8,11-14H,9-10,15-24H2,1-2H3/q+1. The minimum Gasteiger partial charge on any atom is -0.461 e. The van der Waals surface area contributed by atoms with Crippen molar-refractivity contribution < 1.29 is 42.6 Å². The molecule has 0 bridgehead atoms. The molecule has 0 atom stereocenters. The Kier molecular flexibility index (Phi) is 14.3. The van der Waals surface area contributed by atoms with Gasteiger partial charge in [-0.25, -0.2) is 0 Å². The molecule has 0 amide bonds. The van der Waals surface area contributed by atoms with Gasteiger partial charge in [0.2, 0.25) is 0 Å². The minimum absolute atomic E-state index is 0.144. The van der Waals surface area contributed by atoms with Gasteiger partial charge in [-0.15, -0.1) is 0 Å². The Morgan fingerprint density at radius 1 is 0.538 bits per heavy atom. The van der Waals surface area contributed by atoms with E-state index in [1.165, 1.54) is 0 Å². The van der Waals surface area contributed by atoms with Crippen molar-refractivity contribution in [2.75, 3.05) is 40.4 Å². The molecule has 9 nitrogen and oxygen atoms in total. The fourth-order valence-corrected chi connectivity index (χ4v) is 3.44. The van der Waals surface area contributed by atoms with Crippen molar-refractivity contribution in [1.29, 1.82) is 0 Å². The molecule has 0 unspecified atom stereocenters. The molecule has 39 heavy (non-hydrogen) atoms. The molecule has 2 aromatic carbocycles. The number of likely N-dealkylation sites (N-methyl/N-ethyl adjacent to an activating group) is 1. The molecule has 0 fully saturated rings. The second kappa shape index (κ2) is 17.7. The molecule has 0 saturated carbocycles. The van der Waals surface area contributed by atoms with Crippen LogP contribution in [0.25, 0.3) is 0 Å². The molecule has 0 N–H and O–H groups in total. The van der Waals surface area contributed by atoms with Crippen LogP contribution in [-0.4, -0.2) is 68.8 Å². The van der Waals surface area contributed by atoms with Crippen molar-refractivity contribution in [3.05, 3.63) is 71.8 Å². The number of hydrogen-bond acceptors (Lipinski definition) is 8. The maximum Gasteiger partial charge on any atom is 0.306 e. The first-order valence-corrected chi connectivity index (χ1v) is 13.3. The van der Waals surface area contributed by atoms with Crippen LogP contribution in [0.2, 0.25) is 0 Å². The molecule has 0 aliphatic heterocycles. The summed E-state index contributed by atoms with van der Waals surface area (Å²) in [5, 5.41) is 0. The fourth-order valence-electron chi connectivity index (χ4n) is 3.44. The van der Waals surface area contributed by atoms with Gasteiger partial charge >= 0.3 is 23.9 Å². The van der Waals surface area contributed by atoms with Crippen molar-refractivity contribution >= 4 is 23.9 Å². The summed E-state index contributed by atoms with van der Waals surface area (Å²) in [7, 11) is 3.90. The van der Waals surface area contributed by atoms with Gasteiger partial charge < -0.3 is 23.4 Å². The zero-order valence-electron chi connectivity index (χ0n) is 23.0. The zero-order chi connectivity index (χ0) is 28.3. The summed E-state index contributed by atoms with van der Waals surface area (Å²) >= 11 is 0. The molecule has 0 aliphatic rings. The highest BCUT2D eigenvalue weighted by Crippen LogP contribution is 2.07. The van der Waals surface area contributed by atoms with Crippen LogP contribution in [0.1, 0.15) is 49.7 Å². The van der Waals surface area contributed by atoms with Crippen molar-refractivity contribution in [3.8, 4) is 0 Å². The van der Waals surface area contributed by atoms with Gasteiger partial charge in [0, 0.05) is 25.7 Å². The van der Waals surface area contributed by atoms with E-state index in [4.69, 9.17) is 18.9 Å². The minimum atomic E-state index is -0.361. The largest absolute Gasteiger partial charge is 0.461 e. The Bertz CT molecular complexity index is 942. The Morgan fingerprint density at radius 2 is 0.872 bits per heavy atom. The first kappa shape index (κ1) is 31.5. The number of quaternary nitrogens is 1. The molecule has 9 heteroatoms. The van der Waals surface area contributed by atoms with Gasteiger partial charge in [0.05, 0.1) is 14.1 Å². The number of benzene rings is 2. The number of esters is 4. The van der Waals surface area contributed by atoms with Crippen molar-refractivity contribution in [2.45, 2.75) is 51.7 Å². The average Bonchev–Trinajstić information content (AvgIpc) is 2.91. The SMILES string of the molecule is C[N+](C)(CCOC(=O)CCCC(=O)OCc1ccccc1)CCOC(=O)CCCC(=O)OCc1ccccc1. The molecule has 0 spiro atoms. The Labute approximate surface area is 230 Å². The summed E-state index contributed by atoms with van der Waals surface area (Å²) in [6.07, 6.45) is 1.33. The van der Waals surface area contributed by atoms with Crippen LogP contribution in [0.4, 0.5) is 0 Å². The summed E-state index contributed by atoms with van der Waals surface area (Å²) < 4.78 is 21.5. The predicted molar refractivity (Wildman–Crippen MR) is 144 cm³/mol. The van der Waals surface area contributed by atoms with Gasteiger partial charge in [0.25, 0.3) is 0 Å². The first-order chi connectivity index (χ1) is 18.7. The smallest absolute Gasteiger partial charge is 0.306 e. The molecule has 0 saturated heterocycles. The molecule has 2 aromatic rings.